The van der Waals surface area contributed by atoms with E-state index in [1.165, 1.54) is 0 Å². The van der Waals surface area contributed by atoms with E-state index in [1.807, 2.05) is 37.4 Å². The van der Waals surface area contributed by atoms with Crippen molar-refractivity contribution in [2.24, 2.45) is 5.73 Å². The number of pyridine rings is 2. The maximum atomic E-state index is 8.25. The summed E-state index contributed by atoms with van der Waals surface area (Å²) in [5, 5.41) is 9.26. The van der Waals surface area contributed by atoms with Gasteiger partial charge in [0.2, 0.25) is 0 Å². The molecule has 1 fully saturated rings. The highest BCUT2D eigenvalue weighted by Gasteiger charge is 2.23. The van der Waals surface area contributed by atoms with E-state index >= 15 is 0 Å². The minimum absolute atomic E-state index is 0.219. The van der Waals surface area contributed by atoms with E-state index in [1.54, 1.807) is 13.1 Å². The van der Waals surface area contributed by atoms with E-state index in [9.17, 15) is 0 Å². The van der Waals surface area contributed by atoms with Gasteiger partial charge < -0.3 is 25.8 Å². The minimum Gasteiger partial charge on any atom is -0.402 e. The average molecular weight is 390 g/mol. The van der Waals surface area contributed by atoms with Crippen molar-refractivity contribution in [3.8, 4) is 11.3 Å². The number of fused-ring (bicyclic) bond motifs is 1. The van der Waals surface area contributed by atoms with Crippen LogP contribution >= 0.6 is 0 Å². The van der Waals surface area contributed by atoms with Gasteiger partial charge in [0.15, 0.2) is 0 Å². The van der Waals surface area contributed by atoms with Crippen molar-refractivity contribution in [2.45, 2.75) is 26.8 Å². The van der Waals surface area contributed by atoms with Gasteiger partial charge in [0.25, 0.3) is 0 Å². The van der Waals surface area contributed by atoms with E-state index in [2.05, 4.69) is 21.8 Å². The number of anilines is 1. The Kier molecular flexibility index (Phi) is 5.07. The van der Waals surface area contributed by atoms with Gasteiger partial charge in [-0.05, 0) is 50.6 Å². The molecule has 4 rings (SSSR count). The summed E-state index contributed by atoms with van der Waals surface area (Å²) in [5.74, 6) is 0.869. The first-order valence-corrected chi connectivity index (χ1v) is 9.77. The zero-order valence-corrected chi connectivity index (χ0v) is 17.0. The van der Waals surface area contributed by atoms with Gasteiger partial charge in [-0.15, -0.1) is 0 Å². The maximum Gasteiger partial charge on any atom is 0.137 e. The molecule has 1 atom stereocenters. The summed E-state index contributed by atoms with van der Waals surface area (Å²) in [7, 11) is 0. The highest BCUT2D eigenvalue weighted by molar-refractivity contribution is 6.22. The van der Waals surface area contributed by atoms with E-state index in [-0.39, 0.29) is 6.04 Å². The Bertz CT molecular complexity index is 1100. The molecule has 7 heteroatoms. The van der Waals surface area contributed by atoms with E-state index in [4.69, 9.17) is 20.9 Å². The number of morpholine rings is 1. The van der Waals surface area contributed by atoms with Crippen LogP contribution in [0.5, 0.6) is 0 Å². The van der Waals surface area contributed by atoms with Crippen molar-refractivity contribution < 1.29 is 4.74 Å². The molecule has 0 saturated carbocycles. The van der Waals surface area contributed by atoms with Gasteiger partial charge in [0.1, 0.15) is 11.5 Å². The number of aromatic amines is 1. The fraction of sp³-hybridized carbons (Fsp3) is 0.318. The van der Waals surface area contributed by atoms with Gasteiger partial charge in [-0.25, -0.2) is 9.97 Å². The highest BCUT2D eigenvalue weighted by Crippen LogP contribution is 2.32. The summed E-state index contributed by atoms with van der Waals surface area (Å²) in [6.07, 6.45) is 3.67. The minimum atomic E-state index is 0.219. The fourth-order valence-electron chi connectivity index (χ4n) is 3.94. The van der Waals surface area contributed by atoms with Crippen molar-refractivity contribution in [3.63, 3.8) is 0 Å². The Morgan fingerprint density at radius 2 is 2.14 bits per heavy atom. The van der Waals surface area contributed by atoms with Crippen LogP contribution in [0.3, 0.4) is 0 Å². The van der Waals surface area contributed by atoms with Crippen molar-refractivity contribution in [2.75, 3.05) is 24.7 Å². The summed E-state index contributed by atoms with van der Waals surface area (Å²) >= 11 is 0. The number of aromatic nitrogens is 3. The molecular formula is C22H26N6O. The van der Waals surface area contributed by atoms with E-state index < -0.39 is 0 Å². The molecule has 1 saturated heterocycles. The number of hydrogen-bond acceptors (Lipinski definition) is 6. The Labute approximate surface area is 170 Å². The van der Waals surface area contributed by atoms with Crippen LogP contribution in [0.15, 0.2) is 42.4 Å². The summed E-state index contributed by atoms with van der Waals surface area (Å²) in [6.45, 7) is 7.85. The molecule has 7 nitrogen and oxygen atoms in total. The quantitative estimate of drug-likeness (QED) is 0.591. The number of nitrogens with one attached hydrogen (secondary N) is 2. The molecular weight excluding hydrogens is 364 g/mol. The first kappa shape index (κ1) is 19.1. The molecule has 4 N–H and O–H groups in total. The van der Waals surface area contributed by atoms with Crippen LogP contribution in [-0.4, -0.2) is 46.5 Å². The van der Waals surface area contributed by atoms with Crippen LogP contribution < -0.4 is 10.6 Å². The lowest BCUT2D eigenvalue weighted by molar-refractivity contribution is 0.0985. The molecule has 1 unspecified atom stereocenters. The van der Waals surface area contributed by atoms with Crippen molar-refractivity contribution in [1.29, 1.82) is 5.41 Å². The second-order valence-electron chi connectivity index (χ2n) is 7.50. The molecule has 0 spiro atoms. The number of nitrogens with two attached hydrogens (primary N) is 1. The molecule has 3 aromatic heterocycles. The third-order valence-electron chi connectivity index (χ3n) is 5.27. The fourth-order valence-corrected chi connectivity index (χ4v) is 3.94. The predicted octanol–water partition coefficient (Wildman–Crippen LogP) is 3.58. The van der Waals surface area contributed by atoms with E-state index in [0.717, 1.165) is 45.8 Å². The Morgan fingerprint density at radius 3 is 2.86 bits per heavy atom. The van der Waals surface area contributed by atoms with Gasteiger partial charge in [-0.1, -0.05) is 0 Å². The van der Waals surface area contributed by atoms with Crippen LogP contribution in [0, 0.1) is 5.41 Å². The first-order valence-electron chi connectivity index (χ1n) is 9.77. The van der Waals surface area contributed by atoms with Crippen LogP contribution in [0.2, 0.25) is 0 Å². The number of allylic oxidation sites excluding steroid dienone is 2. The number of nitrogens with zero attached hydrogens (tertiary/aromatic N) is 3. The zero-order valence-electron chi connectivity index (χ0n) is 17.0. The second-order valence-corrected chi connectivity index (χ2v) is 7.50. The maximum absolute atomic E-state index is 8.25. The average Bonchev–Trinajstić information content (AvgIpc) is 3.16. The largest absolute Gasteiger partial charge is 0.402 e. The molecule has 0 aliphatic carbocycles. The van der Waals surface area contributed by atoms with Gasteiger partial charge >= 0.3 is 0 Å². The number of ether oxygens (including phenoxy) is 1. The summed E-state index contributed by atoms with van der Waals surface area (Å²) < 4.78 is 5.60. The molecule has 0 bridgehead atoms. The molecule has 29 heavy (non-hydrogen) atoms. The molecule has 1 aliphatic rings. The molecule has 0 aromatic carbocycles. The van der Waals surface area contributed by atoms with Crippen molar-refractivity contribution >= 4 is 28.1 Å². The Balaban J connectivity index is 1.94. The lowest BCUT2D eigenvalue weighted by Crippen LogP contribution is -2.44. The Morgan fingerprint density at radius 1 is 1.31 bits per heavy atom. The van der Waals surface area contributed by atoms with Gasteiger partial charge in [0.05, 0.1) is 24.9 Å². The lowest BCUT2D eigenvalue weighted by Gasteiger charge is -2.34. The third kappa shape index (κ3) is 3.61. The monoisotopic (exact) mass is 390 g/mol. The standard InChI is InChI=1S/C22H26N6O/c1-13-12-29-9-8-28(13)20-11-16(21(14(2)23)15(3)24)10-19(27-20)17-4-6-25-22-18(17)5-7-26-22/h4-7,10-11,13,23H,8-9,12,24H2,1-3H3,(H,25,26). The van der Waals surface area contributed by atoms with Crippen LogP contribution in [-0.2, 0) is 4.74 Å². The summed E-state index contributed by atoms with van der Waals surface area (Å²) in [5.41, 5.74) is 11.5. The molecule has 0 amide bonds. The van der Waals surface area contributed by atoms with Crippen LogP contribution in [0.4, 0.5) is 5.82 Å². The molecule has 0 radical (unpaired) electrons. The van der Waals surface area contributed by atoms with Gasteiger partial charge in [-0.2, -0.15) is 0 Å². The van der Waals surface area contributed by atoms with Crippen LogP contribution in [0.25, 0.3) is 27.9 Å². The SMILES string of the molecule is CC(=N)C(=C(C)N)c1cc(-c2ccnc3[nH]ccc23)nc(N2CCOCC2C)c1. The first-order chi connectivity index (χ1) is 14.0. The predicted molar refractivity (Wildman–Crippen MR) is 117 cm³/mol. The van der Waals surface area contributed by atoms with Gasteiger partial charge in [-0.3, -0.25) is 0 Å². The number of rotatable bonds is 4. The zero-order chi connectivity index (χ0) is 20.5. The van der Waals surface area contributed by atoms with Crippen molar-refractivity contribution in [3.05, 3.63) is 47.9 Å². The molecule has 3 aromatic rings. The van der Waals surface area contributed by atoms with E-state index in [0.29, 0.717) is 24.6 Å². The normalized spacial score (nSPS) is 18.0. The smallest absolute Gasteiger partial charge is 0.137 e. The van der Waals surface area contributed by atoms with Gasteiger partial charge in [0, 0.05) is 46.9 Å². The molecule has 4 heterocycles. The van der Waals surface area contributed by atoms with Crippen LogP contribution in [0.1, 0.15) is 26.3 Å². The number of hydrogen-bond donors (Lipinski definition) is 3. The second kappa shape index (κ2) is 7.67. The Hall–Kier alpha value is -3.19. The number of H-pyrrole nitrogens is 1. The van der Waals surface area contributed by atoms with Crippen molar-refractivity contribution in [1.82, 2.24) is 15.0 Å². The lowest BCUT2D eigenvalue weighted by atomic mass is 9.98. The molecule has 1 aliphatic heterocycles. The topological polar surface area (TPSA) is 104 Å². The molecule has 150 valence electrons. The highest BCUT2D eigenvalue weighted by atomic mass is 16.5. The third-order valence-corrected chi connectivity index (χ3v) is 5.27. The summed E-state index contributed by atoms with van der Waals surface area (Å²) in [6, 6.07) is 8.25. The summed E-state index contributed by atoms with van der Waals surface area (Å²) in [4.78, 5) is 14.8.